The molecule has 0 aromatic heterocycles. The fraction of sp³-hybridized carbons (Fsp3) is 0.400. The van der Waals surface area contributed by atoms with Crippen LogP contribution in [0.25, 0.3) is 0 Å². The van der Waals surface area contributed by atoms with Crippen LogP contribution in [-0.2, 0) is 23.7 Å². The normalized spacial score (nSPS) is 27.4. The SMILES string of the molecule is CC1OC1OC(=O)CC/C=C\C[C@H]1CO[C@@H](c2ccccc2Cl)O[C@H]1c1ccccc1O. The van der Waals surface area contributed by atoms with E-state index in [4.69, 9.17) is 30.5 Å². The Morgan fingerprint density at radius 1 is 1.12 bits per heavy atom. The summed E-state index contributed by atoms with van der Waals surface area (Å²) in [6.45, 7) is 2.31. The Balaban J connectivity index is 1.38. The van der Waals surface area contributed by atoms with Gasteiger partial charge >= 0.3 is 5.97 Å². The van der Waals surface area contributed by atoms with E-state index in [9.17, 15) is 9.90 Å². The molecule has 32 heavy (non-hydrogen) atoms. The van der Waals surface area contributed by atoms with Gasteiger partial charge in [0.05, 0.1) is 12.7 Å². The molecule has 2 aromatic rings. The zero-order valence-electron chi connectivity index (χ0n) is 17.9. The predicted molar refractivity (Wildman–Crippen MR) is 119 cm³/mol. The largest absolute Gasteiger partial charge is 0.508 e. The first-order valence-corrected chi connectivity index (χ1v) is 11.2. The molecule has 0 aliphatic carbocycles. The molecule has 2 fully saturated rings. The number of aromatic hydroxyl groups is 1. The van der Waals surface area contributed by atoms with E-state index in [-0.39, 0.29) is 36.1 Å². The molecular formula is C25H27ClO6. The van der Waals surface area contributed by atoms with Crippen LogP contribution in [0.15, 0.2) is 60.7 Å². The molecule has 0 bridgehead atoms. The van der Waals surface area contributed by atoms with Crippen LogP contribution in [-0.4, -0.2) is 30.1 Å². The minimum atomic E-state index is -0.615. The lowest BCUT2D eigenvalue weighted by Gasteiger charge is -2.37. The Kier molecular flexibility index (Phi) is 7.48. The first-order chi connectivity index (χ1) is 15.5. The van der Waals surface area contributed by atoms with Gasteiger partial charge in [-0.2, -0.15) is 0 Å². The molecule has 6 nitrogen and oxygen atoms in total. The summed E-state index contributed by atoms with van der Waals surface area (Å²) in [5, 5.41) is 11.0. The van der Waals surface area contributed by atoms with E-state index in [0.717, 1.165) is 5.56 Å². The summed E-state index contributed by atoms with van der Waals surface area (Å²) in [7, 11) is 0. The van der Waals surface area contributed by atoms with E-state index in [1.807, 2.05) is 49.4 Å². The van der Waals surface area contributed by atoms with Crippen LogP contribution in [0.2, 0.25) is 5.02 Å². The number of phenols is 1. The molecule has 0 radical (unpaired) electrons. The lowest BCUT2D eigenvalue weighted by Crippen LogP contribution is -2.30. The van der Waals surface area contributed by atoms with Crippen molar-refractivity contribution in [2.75, 3.05) is 6.61 Å². The number of hydrogen-bond donors (Lipinski definition) is 1. The van der Waals surface area contributed by atoms with Crippen molar-refractivity contribution in [3.8, 4) is 5.75 Å². The first-order valence-electron chi connectivity index (χ1n) is 10.8. The Morgan fingerprint density at radius 3 is 2.56 bits per heavy atom. The molecule has 1 N–H and O–H groups in total. The lowest BCUT2D eigenvalue weighted by atomic mass is 9.91. The molecule has 2 saturated heterocycles. The third-order valence-corrected chi connectivity index (χ3v) is 5.93. The van der Waals surface area contributed by atoms with Gasteiger partial charge in [-0.1, -0.05) is 60.2 Å². The van der Waals surface area contributed by atoms with Crippen molar-refractivity contribution in [1.29, 1.82) is 0 Å². The molecule has 0 spiro atoms. The summed E-state index contributed by atoms with van der Waals surface area (Å²) in [5.41, 5.74) is 1.48. The highest BCUT2D eigenvalue weighted by atomic mass is 35.5. The Hall–Kier alpha value is -2.38. The number of esters is 1. The maximum absolute atomic E-state index is 11.8. The second-order valence-electron chi connectivity index (χ2n) is 8.01. The van der Waals surface area contributed by atoms with Gasteiger partial charge in [0.25, 0.3) is 0 Å². The second-order valence-corrected chi connectivity index (χ2v) is 8.41. The van der Waals surface area contributed by atoms with E-state index < -0.39 is 6.29 Å². The number of epoxide rings is 1. The lowest BCUT2D eigenvalue weighted by molar-refractivity contribution is -0.244. The average molecular weight is 459 g/mol. The van der Waals surface area contributed by atoms with Gasteiger partial charge in [-0.25, -0.2) is 0 Å². The quantitative estimate of drug-likeness (QED) is 0.321. The van der Waals surface area contributed by atoms with Crippen molar-refractivity contribution in [1.82, 2.24) is 0 Å². The van der Waals surface area contributed by atoms with Gasteiger partial charge in [0.15, 0.2) is 6.29 Å². The number of phenolic OH excluding ortho intramolecular Hbond substituents is 1. The van der Waals surface area contributed by atoms with Crippen LogP contribution < -0.4 is 0 Å². The fourth-order valence-corrected chi connectivity index (χ4v) is 3.95. The van der Waals surface area contributed by atoms with Crippen molar-refractivity contribution in [3.05, 3.63) is 76.8 Å². The van der Waals surface area contributed by atoms with Crippen molar-refractivity contribution >= 4 is 17.6 Å². The maximum Gasteiger partial charge on any atom is 0.308 e. The number of carbonyl (C=O) groups excluding carboxylic acids is 1. The summed E-state index contributed by atoms with van der Waals surface area (Å²) in [6, 6.07) is 14.6. The second kappa shape index (κ2) is 10.5. The Bertz CT molecular complexity index is 961. The standard InChI is InChI=1S/C25H27ClO6/c1-16-24(30-16)31-22(28)14-4-2-3-9-17-15-29-25(18-10-5-7-12-20(18)26)32-23(17)19-11-6-8-13-21(19)27/h2-3,5-8,10-13,16-17,23-25,27H,4,9,14-15H2,1H3/b3-2-/t16?,17-,23+,24?,25+/m0/s1. The predicted octanol–water partition coefficient (Wildman–Crippen LogP) is 5.46. The molecular weight excluding hydrogens is 432 g/mol. The molecule has 2 aromatic carbocycles. The molecule has 2 aliphatic rings. The van der Waals surface area contributed by atoms with E-state index >= 15 is 0 Å². The van der Waals surface area contributed by atoms with Crippen LogP contribution >= 0.6 is 11.6 Å². The summed E-state index contributed by atoms with van der Waals surface area (Å²) < 4.78 is 22.5. The zero-order valence-corrected chi connectivity index (χ0v) is 18.6. The number of benzene rings is 2. The van der Waals surface area contributed by atoms with Crippen LogP contribution in [0.4, 0.5) is 0 Å². The molecule has 2 unspecified atom stereocenters. The summed E-state index contributed by atoms with van der Waals surface area (Å²) >= 11 is 6.34. The number of carbonyl (C=O) groups is 1. The van der Waals surface area contributed by atoms with E-state index in [1.54, 1.807) is 18.2 Å². The van der Waals surface area contributed by atoms with Gasteiger partial charge < -0.3 is 24.1 Å². The van der Waals surface area contributed by atoms with Crippen molar-refractivity contribution in [2.24, 2.45) is 5.92 Å². The highest BCUT2D eigenvalue weighted by Crippen LogP contribution is 2.43. The van der Waals surface area contributed by atoms with Gasteiger partial charge in [-0.3, -0.25) is 4.79 Å². The maximum atomic E-state index is 11.8. The average Bonchev–Trinajstić information content (AvgIpc) is 3.48. The van der Waals surface area contributed by atoms with Gasteiger partial charge in [-0.05, 0) is 31.9 Å². The highest BCUT2D eigenvalue weighted by Gasteiger charge is 2.38. The number of allylic oxidation sites excluding steroid dienone is 2. The van der Waals surface area contributed by atoms with Gasteiger partial charge in [0.1, 0.15) is 11.9 Å². The van der Waals surface area contributed by atoms with Crippen LogP contribution in [0, 0.1) is 5.92 Å². The molecule has 0 amide bonds. The Labute approximate surface area is 192 Å². The highest BCUT2D eigenvalue weighted by molar-refractivity contribution is 6.31. The molecule has 0 saturated carbocycles. The number of halogens is 1. The van der Waals surface area contributed by atoms with Crippen LogP contribution in [0.1, 0.15) is 49.7 Å². The molecule has 2 heterocycles. The fourth-order valence-electron chi connectivity index (χ4n) is 3.73. The molecule has 7 heteroatoms. The minimum absolute atomic E-state index is 0.00160. The minimum Gasteiger partial charge on any atom is -0.508 e. The molecule has 170 valence electrons. The van der Waals surface area contributed by atoms with Crippen molar-refractivity contribution in [2.45, 2.75) is 51.0 Å². The monoisotopic (exact) mass is 458 g/mol. The van der Waals surface area contributed by atoms with E-state index in [0.29, 0.717) is 36.5 Å². The van der Waals surface area contributed by atoms with Crippen molar-refractivity contribution < 1.29 is 28.8 Å². The topological polar surface area (TPSA) is 77.5 Å². The van der Waals surface area contributed by atoms with Gasteiger partial charge in [0, 0.05) is 28.5 Å². The summed E-state index contributed by atoms with van der Waals surface area (Å²) in [4.78, 5) is 11.8. The number of hydrogen-bond acceptors (Lipinski definition) is 6. The van der Waals surface area contributed by atoms with E-state index in [1.165, 1.54) is 0 Å². The van der Waals surface area contributed by atoms with Crippen LogP contribution in [0.3, 0.4) is 0 Å². The number of rotatable bonds is 8. The Morgan fingerprint density at radius 2 is 1.84 bits per heavy atom. The summed E-state index contributed by atoms with van der Waals surface area (Å²) in [5.74, 6) is -0.0838. The third kappa shape index (κ3) is 5.70. The van der Waals surface area contributed by atoms with Gasteiger partial charge in [0.2, 0.25) is 6.29 Å². The van der Waals surface area contributed by atoms with Crippen molar-refractivity contribution in [3.63, 3.8) is 0 Å². The zero-order chi connectivity index (χ0) is 22.5. The first kappa shape index (κ1) is 22.8. The van der Waals surface area contributed by atoms with Crippen LogP contribution in [0.5, 0.6) is 5.75 Å². The number of ether oxygens (including phenoxy) is 4. The third-order valence-electron chi connectivity index (χ3n) is 5.59. The van der Waals surface area contributed by atoms with Gasteiger partial charge in [-0.15, -0.1) is 0 Å². The molecule has 2 aliphatic heterocycles. The molecule has 4 rings (SSSR count). The number of para-hydroxylation sites is 1. The summed E-state index contributed by atoms with van der Waals surface area (Å²) in [6.07, 6.45) is 4.17. The van der Waals surface area contributed by atoms with E-state index in [2.05, 4.69) is 0 Å². The smallest absolute Gasteiger partial charge is 0.308 e. The molecule has 5 atom stereocenters.